The fraction of sp³-hybridized carbons (Fsp3) is 0.588. The van der Waals surface area contributed by atoms with E-state index in [1.54, 1.807) is 0 Å². The normalized spacial score (nSPS) is 17.8. The highest BCUT2D eigenvalue weighted by Crippen LogP contribution is 2.24. The van der Waals surface area contributed by atoms with E-state index in [-0.39, 0.29) is 24.0 Å². The summed E-state index contributed by atoms with van der Waals surface area (Å²) in [6.07, 6.45) is 3.62. The first-order valence-corrected chi connectivity index (χ1v) is 8.97. The molecule has 1 heterocycles. The first-order chi connectivity index (χ1) is 10.7. The van der Waals surface area contributed by atoms with Crippen molar-refractivity contribution in [1.82, 2.24) is 10.6 Å². The number of hydrogen-bond donors (Lipinski definition) is 2. The van der Waals surface area contributed by atoms with Crippen LogP contribution < -0.4 is 15.5 Å². The van der Waals surface area contributed by atoms with E-state index < -0.39 is 0 Å². The van der Waals surface area contributed by atoms with Crippen LogP contribution in [0.15, 0.2) is 33.7 Å². The van der Waals surface area contributed by atoms with Gasteiger partial charge in [0.15, 0.2) is 5.96 Å². The molecule has 1 aliphatic heterocycles. The van der Waals surface area contributed by atoms with Crippen LogP contribution in [0.2, 0.25) is 0 Å². The van der Waals surface area contributed by atoms with Crippen molar-refractivity contribution in [2.45, 2.75) is 26.2 Å². The lowest BCUT2D eigenvalue weighted by molar-refractivity contribution is 0.565. The molecule has 1 aromatic rings. The molecule has 0 spiro atoms. The Bertz CT molecular complexity index is 478. The van der Waals surface area contributed by atoms with Crippen LogP contribution in [0.4, 0.5) is 5.69 Å². The zero-order chi connectivity index (χ0) is 15.8. The van der Waals surface area contributed by atoms with Crippen molar-refractivity contribution in [1.29, 1.82) is 0 Å². The van der Waals surface area contributed by atoms with E-state index in [2.05, 4.69) is 67.6 Å². The van der Waals surface area contributed by atoms with Crippen LogP contribution in [0.5, 0.6) is 0 Å². The Labute approximate surface area is 165 Å². The Hall–Kier alpha value is -0.500. The lowest BCUT2D eigenvalue weighted by Crippen LogP contribution is -2.40. The highest BCUT2D eigenvalue weighted by atomic mass is 127. The summed E-state index contributed by atoms with van der Waals surface area (Å²) in [4.78, 5) is 6.75. The van der Waals surface area contributed by atoms with Crippen molar-refractivity contribution < 1.29 is 0 Å². The molecule has 1 aliphatic rings. The monoisotopic (exact) mass is 494 g/mol. The number of nitrogens with one attached hydrogen (secondary N) is 2. The van der Waals surface area contributed by atoms with Gasteiger partial charge in [-0.1, -0.05) is 29.3 Å². The summed E-state index contributed by atoms with van der Waals surface area (Å²) in [6, 6.07) is 8.59. The average Bonchev–Trinajstić information content (AvgIpc) is 3.00. The van der Waals surface area contributed by atoms with Crippen molar-refractivity contribution in [3.05, 3.63) is 28.7 Å². The zero-order valence-electron chi connectivity index (χ0n) is 14.0. The van der Waals surface area contributed by atoms with E-state index in [9.17, 15) is 0 Å². The molecule has 23 heavy (non-hydrogen) atoms. The predicted molar refractivity (Wildman–Crippen MR) is 114 cm³/mol. The number of halogens is 2. The number of unbranched alkanes of at least 4 members (excludes halogenated alkanes) is 1. The third-order valence-corrected chi connectivity index (χ3v) is 4.61. The summed E-state index contributed by atoms with van der Waals surface area (Å²) in [7, 11) is 1.84. The molecule has 0 radical (unpaired) electrons. The molecule has 0 saturated carbocycles. The maximum Gasteiger partial charge on any atom is 0.190 e. The quantitative estimate of drug-likeness (QED) is 0.273. The van der Waals surface area contributed by atoms with Gasteiger partial charge in [-0.15, -0.1) is 24.0 Å². The van der Waals surface area contributed by atoms with Gasteiger partial charge in [0.25, 0.3) is 0 Å². The Morgan fingerprint density at radius 2 is 2.04 bits per heavy atom. The van der Waals surface area contributed by atoms with Crippen LogP contribution in [0.3, 0.4) is 0 Å². The molecular weight excluding hydrogens is 467 g/mol. The number of guanidine groups is 1. The van der Waals surface area contributed by atoms with E-state index in [0.717, 1.165) is 36.6 Å². The van der Waals surface area contributed by atoms with Gasteiger partial charge in [0.1, 0.15) is 0 Å². The minimum absolute atomic E-state index is 0. The fourth-order valence-corrected chi connectivity index (χ4v) is 3.00. The molecule has 130 valence electrons. The Balaban J connectivity index is 0.00000264. The van der Waals surface area contributed by atoms with E-state index in [1.165, 1.54) is 24.9 Å². The van der Waals surface area contributed by atoms with Gasteiger partial charge in [-0.3, -0.25) is 4.99 Å². The molecule has 1 unspecified atom stereocenters. The van der Waals surface area contributed by atoms with Gasteiger partial charge in [-0.25, -0.2) is 0 Å². The molecule has 1 aromatic carbocycles. The Morgan fingerprint density at radius 1 is 1.30 bits per heavy atom. The SMILES string of the molecule is CCCCNC(=NC)NCC1CCN(c2ccc(Br)cc2)C1.I. The standard InChI is InChI=1S/C17H27BrN4.HI/c1-3-4-10-20-17(19-2)21-12-14-9-11-22(13-14)16-7-5-15(18)6-8-16;/h5-8,14H,3-4,9-13H2,1-2H3,(H2,19,20,21);1H. The molecule has 2 N–H and O–H groups in total. The third kappa shape index (κ3) is 6.87. The second-order valence-electron chi connectivity index (χ2n) is 5.81. The van der Waals surface area contributed by atoms with Crippen molar-refractivity contribution >= 4 is 51.6 Å². The number of benzene rings is 1. The van der Waals surface area contributed by atoms with Crippen LogP contribution in [0.1, 0.15) is 26.2 Å². The second-order valence-corrected chi connectivity index (χ2v) is 6.73. The second kappa shape index (κ2) is 11.1. The maximum absolute atomic E-state index is 4.28. The van der Waals surface area contributed by atoms with Crippen LogP contribution in [0.25, 0.3) is 0 Å². The number of aliphatic imine (C=N–C) groups is 1. The van der Waals surface area contributed by atoms with Gasteiger partial charge in [0, 0.05) is 43.4 Å². The largest absolute Gasteiger partial charge is 0.371 e. The van der Waals surface area contributed by atoms with Crippen molar-refractivity contribution in [2.75, 3.05) is 38.1 Å². The van der Waals surface area contributed by atoms with Crippen LogP contribution >= 0.6 is 39.9 Å². The highest BCUT2D eigenvalue weighted by molar-refractivity contribution is 14.0. The van der Waals surface area contributed by atoms with Gasteiger partial charge in [0.05, 0.1) is 0 Å². The van der Waals surface area contributed by atoms with Crippen molar-refractivity contribution in [2.24, 2.45) is 10.9 Å². The first kappa shape index (κ1) is 20.5. The zero-order valence-corrected chi connectivity index (χ0v) is 17.9. The molecule has 1 saturated heterocycles. The summed E-state index contributed by atoms with van der Waals surface area (Å²) in [5.74, 6) is 1.60. The number of nitrogens with zero attached hydrogens (tertiary/aromatic N) is 2. The predicted octanol–water partition coefficient (Wildman–Crippen LogP) is 3.86. The molecule has 0 amide bonds. The molecule has 0 bridgehead atoms. The summed E-state index contributed by atoms with van der Waals surface area (Å²) in [5, 5.41) is 6.82. The minimum Gasteiger partial charge on any atom is -0.371 e. The molecule has 4 nitrogen and oxygen atoms in total. The van der Waals surface area contributed by atoms with Crippen molar-refractivity contribution in [3.8, 4) is 0 Å². The smallest absolute Gasteiger partial charge is 0.190 e. The number of rotatable bonds is 6. The third-order valence-electron chi connectivity index (χ3n) is 4.08. The molecule has 1 fully saturated rings. The molecule has 0 aliphatic carbocycles. The number of anilines is 1. The van der Waals surface area contributed by atoms with Crippen LogP contribution in [0, 0.1) is 5.92 Å². The average molecular weight is 495 g/mol. The van der Waals surface area contributed by atoms with Gasteiger partial charge in [0.2, 0.25) is 0 Å². The summed E-state index contributed by atoms with van der Waals surface area (Å²) in [5.41, 5.74) is 1.32. The lowest BCUT2D eigenvalue weighted by atomic mass is 10.1. The van der Waals surface area contributed by atoms with Gasteiger partial charge in [-0.2, -0.15) is 0 Å². The molecule has 2 rings (SSSR count). The molecule has 0 aromatic heterocycles. The fourth-order valence-electron chi connectivity index (χ4n) is 2.73. The van der Waals surface area contributed by atoms with Gasteiger partial charge < -0.3 is 15.5 Å². The van der Waals surface area contributed by atoms with Gasteiger partial charge >= 0.3 is 0 Å². The summed E-state index contributed by atoms with van der Waals surface area (Å²) >= 11 is 3.49. The topological polar surface area (TPSA) is 39.7 Å². The van der Waals surface area contributed by atoms with Crippen LogP contribution in [-0.4, -0.2) is 39.2 Å². The van der Waals surface area contributed by atoms with E-state index in [0.29, 0.717) is 5.92 Å². The lowest BCUT2D eigenvalue weighted by Gasteiger charge is -2.19. The molecule has 1 atom stereocenters. The molecule has 6 heteroatoms. The highest BCUT2D eigenvalue weighted by Gasteiger charge is 2.22. The Kier molecular flexibility index (Phi) is 9.94. The Morgan fingerprint density at radius 3 is 2.70 bits per heavy atom. The minimum atomic E-state index is 0. The summed E-state index contributed by atoms with van der Waals surface area (Å²) in [6.45, 7) is 6.42. The molecular formula is C17H28BrIN4. The summed E-state index contributed by atoms with van der Waals surface area (Å²) < 4.78 is 1.13. The van der Waals surface area contributed by atoms with E-state index in [1.807, 2.05) is 7.05 Å². The van der Waals surface area contributed by atoms with Crippen LogP contribution in [-0.2, 0) is 0 Å². The first-order valence-electron chi connectivity index (χ1n) is 8.18. The van der Waals surface area contributed by atoms with E-state index >= 15 is 0 Å². The van der Waals surface area contributed by atoms with Gasteiger partial charge in [-0.05, 0) is 43.0 Å². The maximum atomic E-state index is 4.28. The number of hydrogen-bond acceptors (Lipinski definition) is 2. The van der Waals surface area contributed by atoms with E-state index in [4.69, 9.17) is 0 Å². The van der Waals surface area contributed by atoms with Crippen molar-refractivity contribution in [3.63, 3.8) is 0 Å².